The molecule has 0 unspecified atom stereocenters. The van der Waals surface area contributed by atoms with Crippen LogP contribution in [0.15, 0.2) is 18.2 Å². The Labute approximate surface area is 163 Å². The number of amides is 1. The maximum atomic E-state index is 13.6. The number of halogens is 2. The van der Waals surface area contributed by atoms with Crippen molar-refractivity contribution in [1.82, 2.24) is 10.2 Å². The average Bonchev–Trinajstić information content (AvgIpc) is 2.72. The van der Waals surface area contributed by atoms with Crippen molar-refractivity contribution < 1.29 is 27.8 Å². The highest BCUT2D eigenvalue weighted by atomic mass is 19.1. The van der Waals surface area contributed by atoms with Crippen molar-refractivity contribution in [3.63, 3.8) is 0 Å². The molecule has 2 fully saturated rings. The van der Waals surface area contributed by atoms with Crippen molar-refractivity contribution >= 4 is 11.9 Å². The zero-order valence-electron chi connectivity index (χ0n) is 15.8. The lowest BCUT2D eigenvalue weighted by Gasteiger charge is -2.48. The second-order valence-corrected chi connectivity index (χ2v) is 7.36. The Bertz CT molecular complexity index is 701. The van der Waals surface area contributed by atoms with Gasteiger partial charge in [0.2, 0.25) is 0 Å². The fourth-order valence-electron chi connectivity index (χ4n) is 4.03. The van der Waals surface area contributed by atoms with Gasteiger partial charge in [0, 0.05) is 31.2 Å². The van der Waals surface area contributed by atoms with Crippen molar-refractivity contribution in [2.75, 3.05) is 39.5 Å². The SMILES string of the molecule is O=C(COC(=O)c1ccc(F)cc1F)NCC1(N2CCOCC2)CCCCC1. The van der Waals surface area contributed by atoms with Crippen molar-refractivity contribution in [2.24, 2.45) is 0 Å². The molecule has 1 aromatic carbocycles. The third-order valence-corrected chi connectivity index (χ3v) is 5.57. The largest absolute Gasteiger partial charge is 0.452 e. The maximum absolute atomic E-state index is 13.6. The van der Waals surface area contributed by atoms with E-state index in [1.54, 1.807) is 0 Å². The summed E-state index contributed by atoms with van der Waals surface area (Å²) in [6, 6.07) is 2.57. The minimum atomic E-state index is -1.01. The summed E-state index contributed by atoms with van der Waals surface area (Å²) in [5.74, 6) is -3.23. The number of morpholine rings is 1. The summed E-state index contributed by atoms with van der Waals surface area (Å²) < 4.78 is 36.9. The van der Waals surface area contributed by atoms with E-state index in [-0.39, 0.29) is 5.54 Å². The molecule has 8 heteroatoms. The number of ether oxygens (including phenoxy) is 2. The number of rotatable bonds is 6. The summed E-state index contributed by atoms with van der Waals surface area (Å²) in [4.78, 5) is 26.5. The summed E-state index contributed by atoms with van der Waals surface area (Å²) >= 11 is 0. The topological polar surface area (TPSA) is 67.9 Å². The van der Waals surface area contributed by atoms with E-state index in [0.29, 0.717) is 25.8 Å². The van der Waals surface area contributed by atoms with E-state index in [4.69, 9.17) is 9.47 Å². The van der Waals surface area contributed by atoms with E-state index < -0.39 is 35.7 Å². The minimum absolute atomic E-state index is 0.0925. The first kappa shape index (κ1) is 20.7. The Hall–Kier alpha value is -2.06. The minimum Gasteiger partial charge on any atom is -0.452 e. The Morgan fingerprint density at radius 1 is 1.14 bits per heavy atom. The Balaban J connectivity index is 1.52. The van der Waals surface area contributed by atoms with Gasteiger partial charge in [0.15, 0.2) is 6.61 Å². The number of esters is 1. The molecule has 0 aromatic heterocycles. The average molecular weight is 396 g/mol. The third kappa shape index (κ3) is 5.05. The molecule has 1 aliphatic heterocycles. The van der Waals surface area contributed by atoms with Crippen LogP contribution in [0.1, 0.15) is 42.5 Å². The fraction of sp³-hybridized carbons (Fsp3) is 0.600. The van der Waals surface area contributed by atoms with Gasteiger partial charge in [-0.3, -0.25) is 9.69 Å². The summed E-state index contributed by atoms with van der Waals surface area (Å²) in [7, 11) is 0. The Kier molecular flexibility index (Phi) is 6.96. The van der Waals surface area contributed by atoms with Crippen molar-refractivity contribution in [3.05, 3.63) is 35.4 Å². The van der Waals surface area contributed by atoms with E-state index in [2.05, 4.69) is 10.2 Å². The fourth-order valence-corrected chi connectivity index (χ4v) is 4.03. The zero-order chi connectivity index (χ0) is 20.0. The van der Waals surface area contributed by atoms with Crippen LogP contribution >= 0.6 is 0 Å². The lowest BCUT2D eigenvalue weighted by atomic mass is 9.79. The Morgan fingerprint density at radius 2 is 1.86 bits per heavy atom. The summed E-state index contributed by atoms with van der Waals surface area (Å²) in [5.41, 5.74) is -0.489. The van der Waals surface area contributed by atoms with Crippen LogP contribution in [0.5, 0.6) is 0 Å². The van der Waals surface area contributed by atoms with E-state index in [1.807, 2.05) is 0 Å². The molecule has 0 radical (unpaired) electrons. The molecule has 1 saturated carbocycles. The van der Waals surface area contributed by atoms with Crippen molar-refractivity contribution in [2.45, 2.75) is 37.6 Å². The molecule has 154 valence electrons. The lowest BCUT2D eigenvalue weighted by Crippen LogP contribution is -2.59. The molecule has 0 bridgehead atoms. The number of nitrogens with zero attached hydrogens (tertiary/aromatic N) is 1. The first-order chi connectivity index (χ1) is 13.5. The monoisotopic (exact) mass is 396 g/mol. The van der Waals surface area contributed by atoms with Gasteiger partial charge in [-0.2, -0.15) is 0 Å². The number of carbonyl (C=O) groups is 2. The molecule has 3 rings (SSSR count). The van der Waals surface area contributed by atoms with E-state index in [1.165, 1.54) is 6.42 Å². The maximum Gasteiger partial charge on any atom is 0.341 e. The number of hydrogen-bond acceptors (Lipinski definition) is 5. The van der Waals surface area contributed by atoms with Gasteiger partial charge in [0.1, 0.15) is 11.6 Å². The molecule has 0 atom stereocenters. The van der Waals surface area contributed by atoms with Gasteiger partial charge in [-0.05, 0) is 25.0 Å². The van der Waals surface area contributed by atoms with Gasteiger partial charge in [0.25, 0.3) is 5.91 Å². The smallest absolute Gasteiger partial charge is 0.341 e. The second-order valence-electron chi connectivity index (χ2n) is 7.36. The van der Waals surface area contributed by atoms with Gasteiger partial charge in [-0.25, -0.2) is 13.6 Å². The molecule has 1 aliphatic carbocycles. The zero-order valence-corrected chi connectivity index (χ0v) is 15.8. The summed E-state index contributed by atoms with van der Waals surface area (Å²) in [6.45, 7) is 3.04. The van der Waals surface area contributed by atoms with Crippen LogP contribution < -0.4 is 5.32 Å². The van der Waals surface area contributed by atoms with Crippen LogP contribution in [0.2, 0.25) is 0 Å². The standard InChI is InChI=1S/C20H26F2N2O4/c21-15-4-5-16(17(22)12-15)19(26)28-13-18(25)23-14-20(6-2-1-3-7-20)24-8-10-27-11-9-24/h4-5,12H,1-3,6-11,13-14H2,(H,23,25). The van der Waals surface area contributed by atoms with Crippen LogP contribution in [0.3, 0.4) is 0 Å². The number of benzene rings is 1. The molecule has 1 N–H and O–H groups in total. The predicted molar refractivity (Wildman–Crippen MR) is 97.9 cm³/mol. The van der Waals surface area contributed by atoms with E-state index >= 15 is 0 Å². The van der Waals surface area contributed by atoms with Gasteiger partial charge in [-0.15, -0.1) is 0 Å². The second kappa shape index (κ2) is 9.43. The van der Waals surface area contributed by atoms with E-state index in [0.717, 1.165) is 50.9 Å². The van der Waals surface area contributed by atoms with Crippen LogP contribution in [0, 0.1) is 11.6 Å². The lowest BCUT2D eigenvalue weighted by molar-refractivity contribution is -0.125. The molecule has 1 amide bonds. The van der Waals surface area contributed by atoms with Crippen LogP contribution in [-0.2, 0) is 14.3 Å². The van der Waals surface area contributed by atoms with Gasteiger partial charge < -0.3 is 14.8 Å². The summed E-state index contributed by atoms with van der Waals surface area (Å²) in [6.07, 6.45) is 5.45. The normalized spacial score (nSPS) is 19.8. The highest BCUT2D eigenvalue weighted by molar-refractivity contribution is 5.91. The van der Waals surface area contributed by atoms with E-state index in [9.17, 15) is 18.4 Å². The highest BCUT2D eigenvalue weighted by Crippen LogP contribution is 2.33. The van der Waals surface area contributed by atoms with Crippen LogP contribution in [0.25, 0.3) is 0 Å². The molecule has 28 heavy (non-hydrogen) atoms. The van der Waals surface area contributed by atoms with Crippen LogP contribution in [-0.4, -0.2) is 61.8 Å². The van der Waals surface area contributed by atoms with Gasteiger partial charge in [-0.1, -0.05) is 19.3 Å². The first-order valence-corrected chi connectivity index (χ1v) is 9.72. The molecule has 1 heterocycles. The molecular weight excluding hydrogens is 370 g/mol. The van der Waals surface area contributed by atoms with Crippen molar-refractivity contribution in [1.29, 1.82) is 0 Å². The third-order valence-electron chi connectivity index (χ3n) is 5.57. The molecular formula is C20H26F2N2O4. The van der Waals surface area contributed by atoms with Crippen LogP contribution in [0.4, 0.5) is 8.78 Å². The quantitative estimate of drug-likeness (QED) is 0.748. The molecule has 1 aromatic rings. The molecule has 1 saturated heterocycles. The molecule has 2 aliphatic rings. The molecule has 0 spiro atoms. The first-order valence-electron chi connectivity index (χ1n) is 9.72. The number of carbonyl (C=O) groups excluding carboxylic acids is 2. The van der Waals surface area contributed by atoms with Crippen molar-refractivity contribution in [3.8, 4) is 0 Å². The van der Waals surface area contributed by atoms with Gasteiger partial charge >= 0.3 is 5.97 Å². The number of nitrogens with one attached hydrogen (secondary N) is 1. The highest BCUT2D eigenvalue weighted by Gasteiger charge is 2.38. The summed E-state index contributed by atoms with van der Waals surface area (Å²) in [5, 5.41) is 2.87. The Morgan fingerprint density at radius 3 is 2.54 bits per heavy atom. The number of hydrogen-bond donors (Lipinski definition) is 1. The molecule has 6 nitrogen and oxygen atoms in total. The predicted octanol–water partition coefficient (Wildman–Crippen LogP) is 2.27. The van der Waals surface area contributed by atoms with Gasteiger partial charge in [0.05, 0.1) is 18.8 Å².